The number of alkyl halides is 3. The molecule has 1 aromatic heterocycles. The average molecular weight is 382 g/mol. The van der Waals surface area contributed by atoms with Gasteiger partial charge in [0.05, 0.1) is 18.5 Å². The Morgan fingerprint density at radius 1 is 1.04 bits per heavy atom. The number of hydrogen-bond donors (Lipinski definition) is 0. The predicted octanol–water partition coefficient (Wildman–Crippen LogP) is 5.43. The summed E-state index contributed by atoms with van der Waals surface area (Å²) in [5.41, 5.74) is -0.196. The summed E-state index contributed by atoms with van der Waals surface area (Å²) in [5.74, 6) is -0.649. The first kappa shape index (κ1) is 18.3. The van der Waals surface area contributed by atoms with Gasteiger partial charge in [-0.15, -0.1) is 11.8 Å². The summed E-state index contributed by atoms with van der Waals surface area (Å²) < 4.78 is 59.5. The highest BCUT2D eigenvalue weighted by Gasteiger charge is 2.35. The van der Waals surface area contributed by atoms with Gasteiger partial charge < -0.3 is 4.74 Å². The number of hydrogen-bond acceptors (Lipinski definition) is 3. The lowest BCUT2D eigenvalue weighted by atomic mass is 10.1. The molecule has 0 aliphatic rings. The predicted molar refractivity (Wildman–Crippen MR) is 92.3 cm³/mol. The van der Waals surface area contributed by atoms with Crippen LogP contribution in [0.1, 0.15) is 5.69 Å². The second kappa shape index (κ2) is 7.03. The topological polar surface area (TPSA) is 27.1 Å². The van der Waals surface area contributed by atoms with Crippen LogP contribution in [0.3, 0.4) is 0 Å². The Balaban J connectivity index is 2.16. The van der Waals surface area contributed by atoms with Crippen molar-refractivity contribution in [3.63, 3.8) is 0 Å². The molecule has 0 aliphatic carbocycles. The van der Waals surface area contributed by atoms with E-state index in [-0.39, 0.29) is 17.0 Å². The third kappa shape index (κ3) is 3.55. The Bertz CT molecular complexity index is 920. The lowest BCUT2D eigenvalue weighted by molar-refractivity contribution is -0.141. The summed E-state index contributed by atoms with van der Waals surface area (Å²) in [6.45, 7) is 0. The van der Waals surface area contributed by atoms with Gasteiger partial charge in [0.2, 0.25) is 0 Å². The van der Waals surface area contributed by atoms with E-state index in [4.69, 9.17) is 4.74 Å². The van der Waals surface area contributed by atoms with E-state index in [0.717, 1.165) is 21.7 Å². The molecule has 3 aromatic rings. The van der Waals surface area contributed by atoms with Crippen LogP contribution in [0.15, 0.2) is 53.4 Å². The van der Waals surface area contributed by atoms with E-state index in [2.05, 4.69) is 5.10 Å². The fourth-order valence-electron chi connectivity index (χ4n) is 2.47. The number of methoxy groups -OCH3 is 1. The van der Waals surface area contributed by atoms with Gasteiger partial charge in [-0.25, -0.2) is 9.07 Å². The molecule has 26 heavy (non-hydrogen) atoms. The lowest BCUT2D eigenvalue weighted by Gasteiger charge is -2.09. The number of thioether (sulfide) groups is 1. The molecule has 0 N–H and O–H groups in total. The first-order chi connectivity index (χ1) is 12.3. The Labute approximate surface area is 151 Å². The SMILES string of the molecule is COc1ccc(-c2cc(C(F)(F)F)nn2-c2ccc(SC)cc2)cc1F. The Morgan fingerprint density at radius 2 is 1.73 bits per heavy atom. The maximum atomic E-state index is 14.0. The van der Waals surface area contributed by atoms with Crippen LogP contribution in [0, 0.1) is 5.82 Å². The molecule has 8 heteroatoms. The molecule has 0 aliphatic heterocycles. The molecule has 0 saturated carbocycles. The highest BCUT2D eigenvalue weighted by Crippen LogP contribution is 2.34. The van der Waals surface area contributed by atoms with Crippen molar-refractivity contribution in [1.82, 2.24) is 9.78 Å². The van der Waals surface area contributed by atoms with Crippen molar-refractivity contribution in [3.05, 3.63) is 60.0 Å². The molecule has 0 spiro atoms. The average Bonchev–Trinajstić information content (AvgIpc) is 3.07. The number of nitrogens with zero attached hydrogens (tertiary/aromatic N) is 2. The maximum Gasteiger partial charge on any atom is 0.435 e. The van der Waals surface area contributed by atoms with Crippen molar-refractivity contribution >= 4 is 11.8 Å². The van der Waals surface area contributed by atoms with Gasteiger partial charge >= 0.3 is 6.18 Å². The van der Waals surface area contributed by atoms with E-state index in [1.54, 1.807) is 24.3 Å². The van der Waals surface area contributed by atoms with Crippen molar-refractivity contribution in [2.24, 2.45) is 0 Å². The highest BCUT2D eigenvalue weighted by atomic mass is 32.2. The Hall–Kier alpha value is -2.48. The zero-order valence-corrected chi connectivity index (χ0v) is 14.7. The van der Waals surface area contributed by atoms with E-state index in [1.807, 2.05) is 6.26 Å². The smallest absolute Gasteiger partial charge is 0.435 e. The van der Waals surface area contributed by atoms with Crippen LogP contribution in [0.5, 0.6) is 5.75 Å². The standard InChI is InChI=1S/C18H14F4N2OS/c1-25-16-8-3-11(9-14(16)19)15-10-17(18(20,21)22)23-24(15)12-4-6-13(26-2)7-5-12/h3-10H,1-2H3. The number of aromatic nitrogens is 2. The number of halogens is 4. The van der Waals surface area contributed by atoms with Gasteiger partial charge in [-0.3, -0.25) is 0 Å². The fraction of sp³-hybridized carbons (Fsp3) is 0.167. The van der Waals surface area contributed by atoms with E-state index < -0.39 is 17.7 Å². The van der Waals surface area contributed by atoms with Crippen molar-refractivity contribution in [1.29, 1.82) is 0 Å². The monoisotopic (exact) mass is 382 g/mol. The molecule has 0 saturated heterocycles. The molecule has 136 valence electrons. The molecule has 0 radical (unpaired) electrons. The van der Waals surface area contributed by atoms with Gasteiger partial charge in [-0.05, 0) is 54.8 Å². The summed E-state index contributed by atoms with van der Waals surface area (Å²) in [5, 5.41) is 3.69. The van der Waals surface area contributed by atoms with Crippen LogP contribution in [0.4, 0.5) is 17.6 Å². The number of rotatable bonds is 4. The third-order valence-electron chi connectivity index (χ3n) is 3.76. The van der Waals surface area contributed by atoms with Crippen LogP contribution < -0.4 is 4.74 Å². The summed E-state index contributed by atoms with van der Waals surface area (Å²) in [4.78, 5) is 0.967. The van der Waals surface area contributed by atoms with Gasteiger partial charge in [0, 0.05) is 10.5 Å². The minimum atomic E-state index is -4.61. The molecule has 0 amide bonds. The molecule has 1 heterocycles. The zero-order chi connectivity index (χ0) is 18.9. The molecular formula is C18H14F4N2OS. The molecule has 3 nitrogen and oxygen atoms in total. The van der Waals surface area contributed by atoms with Gasteiger partial charge in [0.1, 0.15) is 0 Å². The zero-order valence-electron chi connectivity index (χ0n) is 13.8. The van der Waals surface area contributed by atoms with Crippen LogP contribution in [-0.4, -0.2) is 23.1 Å². The molecular weight excluding hydrogens is 368 g/mol. The summed E-state index contributed by atoms with van der Waals surface area (Å²) in [6.07, 6.45) is -2.71. The van der Waals surface area contributed by atoms with Gasteiger partial charge in [0.25, 0.3) is 0 Å². The van der Waals surface area contributed by atoms with E-state index in [9.17, 15) is 17.6 Å². The molecule has 0 atom stereocenters. The molecule has 3 rings (SSSR count). The fourth-order valence-corrected chi connectivity index (χ4v) is 2.88. The molecule has 0 fully saturated rings. The molecule has 0 bridgehead atoms. The highest BCUT2D eigenvalue weighted by molar-refractivity contribution is 7.98. The minimum Gasteiger partial charge on any atom is -0.494 e. The molecule has 2 aromatic carbocycles. The maximum absolute atomic E-state index is 14.0. The van der Waals surface area contributed by atoms with Crippen LogP contribution in [-0.2, 0) is 6.18 Å². The van der Waals surface area contributed by atoms with Crippen LogP contribution >= 0.6 is 11.8 Å². The van der Waals surface area contributed by atoms with Crippen molar-refractivity contribution in [2.45, 2.75) is 11.1 Å². The first-order valence-electron chi connectivity index (χ1n) is 7.49. The van der Waals surface area contributed by atoms with Crippen LogP contribution in [0.2, 0.25) is 0 Å². The lowest BCUT2D eigenvalue weighted by Crippen LogP contribution is -2.07. The first-order valence-corrected chi connectivity index (χ1v) is 8.71. The summed E-state index contributed by atoms with van der Waals surface area (Å²) >= 11 is 1.52. The Kier molecular flexibility index (Phi) is 4.95. The quantitative estimate of drug-likeness (QED) is 0.445. The van der Waals surface area contributed by atoms with Crippen molar-refractivity contribution in [2.75, 3.05) is 13.4 Å². The largest absolute Gasteiger partial charge is 0.494 e. The van der Waals surface area contributed by atoms with E-state index in [1.165, 1.54) is 31.0 Å². The number of benzene rings is 2. The van der Waals surface area contributed by atoms with E-state index >= 15 is 0 Å². The normalized spacial score (nSPS) is 11.6. The number of ether oxygens (including phenoxy) is 1. The van der Waals surface area contributed by atoms with Gasteiger partial charge in [-0.1, -0.05) is 0 Å². The molecule has 0 unspecified atom stereocenters. The summed E-state index contributed by atoms with van der Waals surface area (Å²) in [7, 11) is 1.32. The van der Waals surface area contributed by atoms with Crippen LogP contribution in [0.25, 0.3) is 16.9 Å². The van der Waals surface area contributed by atoms with E-state index in [0.29, 0.717) is 5.69 Å². The Morgan fingerprint density at radius 3 is 2.27 bits per heavy atom. The van der Waals surface area contributed by atoms with Crippen molar-refractivity contribution in [3.8, 4) is 22.7 Å². The third-order valence-corrected chi connectivity index (χ3v) is 4.51. The minimum absolute atomic E-state index is 0.0141. The van der Waals surface area contributed by atoms with Crippen molar-refractivity contribution < 1.29 is 22.3 Å². The van der Waals surface area contributed by atoms with Gasteiger partial charge in [0.15, 0.2) is 17.3 Å². The second-order valence-corrected chi connectivity index (χ2v) is 6.25. The second-order valence-electron chi connectivity index (χ2n) is 5.37. The van der Waals surface area contributed by atoms with Gasteiger partial charge in [-0.2, -0.15) is 18.3 Å². The summed E-state index contributed by atoms with van der Waals surface area (Å²) in [6, 6.07) is 11.8.